The average Bonchev–Trinajstić information content (AvgIpc) is 3.44. The monoisotopic (exact) mass is 446 g/mol. The summed E-state index contributed by atoms with van der Waals surface area (Å²) in [7, 11) is 0. The smallest absolute Gasteiger partial charge is 0.254 e. The molecule has 0 saturated heterocycles. The number of carbonyl (C=O) groups is 1. The van der Waals surface area contributed by atoms with Gasteiger partial charge in [0.05, 0.1) is 24.5 Å². The summed E-state index contributed by atoms with van der Waals surface area (Å²) in [5, 5.41) is 4.91. The summed E-state index contributed by atoms with van der Waals surface area (Å²) in [5.74, 6) is 1.02. The Labute approximate surface area is 177 Å². The standard InChI is InChI=1S/C23H19BrN4O/c1-16-6-2-3-7-21(16)28-22(26-12-4-5-13-26)19-14-27(15-20(19)25-28)23(29)17-8-10-18(24)11-9-17/h2-13H,14-15H2,1H3. The van der Waals surface area contributed by atoms with Gasteiger partial charge in [0.2, 0.25) is 0 Å². The molecule has 0 saturated carbocycles. The number of rotatable bonds is 3. The Hall–Kier alpha value is -3.12. The number of halogens is 1. The number of para-hydroxylation sites is 1. The van der Waals surface area contributed by atoms with Gasteiger partial charge in [0, 0.05) is 28.0 Å². The molecule has 5 rings (SSSR count). The van der Waals surface area contributed by atoms with E-state index >= 15 is 0 Å². The van der Waals surface area contributed by atoms with Crippen molar-refractivity contribution < 1.29 is 4.79 Å². The molecule has 0 atom stereocenters. The lowest BCUT2D eigenvalue weighted by molar-refractivity contribution is 0.0749. The van der Waals surface area contributed by atoms with E-state index in [9.17, 15) is 4.79 Å². The van der Waals surface area contributed by atoms with E-state index in [1.165, 1.54) is 0 Å². The number of nitrogens with zero attached hydrogens (tertiary/aromatic N) is 4. The number of aryl methyl sites for hydroxylation is 1. The topological polar surface area (TPSA) is 43.1 Å². The molecule has 0 aliphatic carbocycles. The summed E-state index contributed by atoms with van der Waals surface area (Å²) in [6.07, 6.45) is 4.04. The first kappa shape index (κ1) is 17.9. The molecular weight excluding hydrogens is 428 g/mol. The van der Waals surface area contributed by atoms with Crippen molar-refractivity contribution in [3.8, 4) is 11.5 Å². The van der Waals surface area contributed by atoms with Crippen molar-refractivity contribution in [3.63, 3.8) is 0 Å². The molecule has 0 fully saturated rings. The van der Waals surface area contributed by atoms with Crippen LogP contribution in [0.3, 0.4) is 0 Å². The number of fused-ring (bicyclic) bond motifs is 1. The van der Waals surface area contributed by atoms with Gasteiger partial charge in [-0.05, 0) is 55.0 Å². The molecule has 2 aromatic heterocycles. The number of amides is 1. The van der Waals surface area contributed by atoms with Gasteiger partial charge in [-0.3, -0.25) is 4.79 Å². The van der Waals surface area contributed by atoms with Crippen LogP contribution < -0.4 is 0 Å². The number of carbonyl (C=O) groups excluding carboxylic acids is 1. The molecule has 1 amide bonds. The lowest BCUT2D eigenvalue weighted by Gasteiger charge is -2.18. The fourth-order valence-electron chi connectivity index (χ4n) is 3.83. The minimum atomic E-state index is 0.0244. The molecule has 3 heterocycles. The van der Waals surface area contributed by atoms with E-state index in [0.717, 1.165) is 32.8 Å². The normalized spacial score (nSPS) is 13.0. The Kier molecular flexibility index (Phi) is 4.36. The van der Waals surface area contributed by atoms with E-state index in [4.69, 9.17) is 5.10 Å². The van der Waals surface area contributed by atoms with Gasteiger partial charge in [0.1, 0.15) is 5.82 Å². The van der Waals surface area contributed by atoms with E-state index in [1.54, 1.807) is 0 Å². The molecule has 29 heavy (non-hydrogen) atoms. The van der Waals surface area contributed by atoms with E-state index in [-0.39, 0.29) is 5.91 Å². The predicted molar refractivity (Wildman–Crippen MR) is 115 cm³/mol. The molecule has 1 aliphatic heterocycles. The molecule has 0 unspecified atom stereocenters. The van der Waals surface area contributed by atoms with Crippen LogP contribution in [-0.4, -0.2) is 25.2 Å². The minimum Gasteiger partial charge on any atom is -0.328 e. The molecule has 0 radical (unpaired) electrons. The van der Waals surface area contributed by atoms with Crippen LogP contribution in [-0.2, 0) is 13.1 Å². The summed E-state index contributed by atoms with van der Waals surface area (Å²) in [5.41, 5.74) is 4.94. The van der Waals surface area contributed by atoms with Crippen LogP contribution >= 0.6 is 15.9 Å². The third-order valence-electron chi connectivity index (χ3n) is 5.30. The van der Waals surface area contributed by atoms with Crippen molar-refractivity contribution in [1.82, 2.24) is 19.2 Å². The first-order valence-corrected chi connectivity index (χ1v) is 10.3. The third-order valence-corrected chi connectivity index (χ3v) is 5.83. The van der Waals surface area contributed by atoms with Crippen LogP contribution in [0.4, 0.5) is 0 Å². The molecule has 0 spiro atoms. The maximum absolute atomic E-state index is 13.0. The van der Waals surface area contributed by atoms with Crippen molar-refractivity contribution in [2.75, 3.05) is 0 Å². The fraction of sp³-hybridized carbons (Fsp3) is 0.130. The zero-order valence-corrected chi connectivity index (χ0v) is 17.5. The van der Waals surface area contributed by atoms with Gasteiger partial charge >= 0.3 is 0 Å². The highest BCUT2D eigenvalue weighted by molar-refractivity contribution is 9.10. The Balaban J connectivity index is 1.55. The predicted octanol–water partition coefficient (Wildman–Crippen LogP) is 4.89. The highest BCUT2D eigenvalue weighted by Gasteiger charge is 2.32. The fourth-order valence-corrected chi connectivity index (χ4v) is 4.09. The molecule has 0 bridgehead atoms. The molecule has 6 heteroatoms. The highest BCUT2D eigenvalue weighted by Crippen LogP contribution is 2.32. The molecular formula is C23H19BrN4O. The maximum atomic E-state index is 13.0. The molecule has 5 nitrogen and oxygen atoms in total. The maximum Gasteiger partial charge on any atom is 0.254 e. The van der Waals surface area contributed by atoms with Gasteiger partial charge in [-0.1, -0.05) is 34.1 Å². The second kappa shape index (κ2) is 7.04. The van der Waals surface area contributed by atoms with E-state index < -0.39 is 0 Å². The zero-order chi connectivity index (χ0) is 20.0. The van der Waals surface area contributed by atoms with Crippen LogP contribution in [0.25, 0.3) is 11.5 Å². The average molecular weight is 447 g/mol. The first-order valence-electron chi connectivity index (χ1n) is 9.47. The van der Waals surface area contributed by atoms with Gasteiger partial charge in [0.15, 0.2) is 0 Å². The molecule has 144 valence electrons. The van der Waals surface area contributed by atoms with Gasteiger partial charge in [-0.15, -0.1) is 0 Å². The second-order valence-corrected chi connectivity index (χ2v) is 8.12. The Morgan fingerprint density at radius 1 is 0.966 bits per heavy atom. The number of hydrogen-bond donors (Lipinski definition) is 0. The largest absolute Gasteiger partial charge is 0.328 e. The zero-order valence-electron chi connectivity index (χ0n) is 15.9. The Morgan fingerprint density at radius 3 is 2.41 bits per heavy atom. The van der Waals surface area contributed by atoms with Crippen LogP contribution in [0, 0.1) is 6.92 Å². The minimum absolute atomic E-state index is 0.0244. The lowest BCUT2D eigenvalue weighted by Crippen LogP contribution is -2.26. The first-order chi connectivity index (χ1) is 14.1. The van der Waals surface area contributed by atoms with Crippen LogP contribution in [0.15, 0.2) is 77.5 Å². The van der Waals surface area contributed by atoms with Crippen molar-refractivity contribution in [1.29, 1.82) is 0 Å². The highest BCUT2D eigenvalue weighted by atomic mass is 79.9. The Morgan fingerprint density at radius 2 is 1.69 bits per heavy atom. The van der Waals surface area contributed by atoms with Gasteiger partial charge in [0.25, 0.3) is 5.91 Å². The van der Waals surface area contributed by atoms with Crippen molar-refractivity contribution in [2.24, 2.45) is 0 Å². The SMILES string of the molecule is Cc1ccccc1-n1nc2c(c1-n1cccc1)CN(C(=O)c1ccc(Br)cc1)C2. The van der Waals surface area contributed by atoms with Gasteiger partial charge in [-0.25, -0.2) is 4.68 Å². The van der Waals surface area contributed by atoms with Gasteiger partial charge in [-0.2, -0.15) is 5.10 Å². The second-order valence-electron chi connectivity index (χ2n) is 7.21. The van der Waals surface area contributed by atoms with Crippen molar-refractivity contribution in [3.05, 3.63) is 99.9 Å². The summed E-state index contributed by atoms with van der Waals surface area (Å²) in [6.45, 7) is 3.14. The lowest BCUT2D eigenvalue weighted by atomic mass is 10.2. The molecule has 2 aromatic carbocycles. The number of hydrogen-bond acceptors (Lipinski definition) is 2. The van der Waals surface area contributed by atoms with Crippen LogP contribution in [0.5, 0.6) is 0 Å². The molecule has 0 N–H and O–H groups in total. The van der Waals surface area contributed by atoms with E-state index in [2.05, 4.69) is 39.6 Å². The van der Waals surface area contributed by atoms with Crippen molar-refractivity contribution >= 4 is 21.8 Å². The van der Waals surface area contributed by atoms with Crippen molar-refractivity contribution in [2.45, 2.75) is 20.0 Å². The number of benzene rings is 2. The van der Waals surface area contributed by atoms with E-state index in [1.807, 2.05) is 70.5 Å². The van der Waals surface area contributed by atoms with Gasteiger partial charge < -0.3 is 9.47 Å². The van der Waals surface area contributed by atoms with Crippen LogP contribution in [0.1, 0.15) is 27.2 Å². The Bertz CT molecular complexity index is 1190. The molecule has 1 aliphatic rings. The number of aromatic nitrogens is 3. The summed E-state index contributed by atoms with van der Waals surface area (Å²) in [4.78, 5) is 14.9. The van der Waals surface area contributed by atoms with E-state index in [0.29, 0.717) is 18.7 Å². The summed E-state index contributed by atoms with van der Waals surface area (Å²) in [6, 6.07) is 19.7. The summed E-state index contributed by atoms with van der Waals surface area (Å²) >= 11 is 3.42. The third kappa shape index (κ3) is 3.09. The summed E-state index contributed by atoms with van der Waals surface area (Å²) < 4.78 is 5.04. The molecule has 4 aromatic rings. The quantitative estimate of drug-likeness (QED) is 0.449. The van der Waals surface area contributed by atoms with Crippen LogP contribution in [0.2, 0.25) is 0 Å².